The second-order valence-corrected chi connectivity index (χ2v) is 5.30. The minimum Gasteiger partial charge on any atom is -0.310 e. The molecule has 19 heavy (non-hydrogen) atoms. The smallest absolute Gasteiger partial charge is 0.310 e. The highest BCUT2D eigenvalue weighted by molar-refractivity contribution is 7.13. The van der Waals surface area contributed by atoms with E-state index < -0.39 is 18.6 Å². The second kappa shape index (κ2) is 5.75. The van der Waals surface area contributed by atoms with Crippen LogP contribution in [0.3, 0.4) is 0 Å². The average molecular weight is 289 g/mol. The number of halogens is 3. The highest BCUT2D eigenvalue weighted by atomic mass is 32.1. The van der Waals surface area contributed by atoms with Crippen LogP contribution in [0.2, 0.25) is 0 Å². The molecule has 1 unspecified atom stereocenters. The molecule has 0 aliphatic rings. The third kappa shape index (κ3) is 4.07. The summed E-state index contributed by atoms with van der Waals surface area (Å²) in [5.74, 6) is 0. The number of hydrogen-bond acceptors (Lipinski definition) is 3. The van der Waals surface area contributed by atoms with Gasteiger partial charge in [-0.15, -0.1) is 11.3 Å². The fourth-order valence-corrected chi connectivity index (χ4v) is 2.54. The molecule has 2 heterocycles. The van der Waals surface area contributed by atoms with Crippen molar-refractivity contribution in [3.05, 3.63) is 29.3 Å². The summed E-state index contributed by atoms with van der Waals surface area (Å²) in [5, 5.41) is 11.6. The zero-order valence-electron chi connectivity index (χ0n) is 10.3. The Labute approximate surface area is 112 Å². The lowest BCUT2D eigenvalue weighted by Crippen LogP contribution is -2.30. The van der Waals surface area contributed by atoms with Crippen LogP contribution >= 0.6 is 11.3 Å². The number of nitrogens with zero attached hydrogens (tertiary/aromatic N) is 1. The fourth-order valence-electron chi connectivity index (χ4n) is 1.78. The Morgan fingerprint density at radius 3 is 2.89 bits per heavy atom. The van der Waals surface area contributed by atoms with Gasteiger partial charge < -0.3 is 5.32 Å². The van der Waals surface area contributed by atoms with Crippen molar-refractivity contribution < 1.29 is 13.2 Å². The fraction of sp³-hybridized carbons (Fsp3) is 0.417. The van der Waals surface area contributed by atoms with Crippen molar-refractivity contribution in [1.29, 1.82) is 0 Å². The van der Waals surface area contributed by atoms with E-state index in [-0.39, 0.29) is 0 Å². The summed E-state index contributed by atoms with van der Waals surface area (Å²) < 4.78 is 36.7. The predicted octanol–water partition coefficient (Wildman–Crippen LogP) is 3.57. The summed E-state index contributed by atoms with van der Waals surface area (Å²) in [6.07, 6.45) is -3.33. The standard InChI is InChI=1S/C12H14F3N3S/c1-8(5-12(13,14)15)16-6-9-7-17-18-11(9)10-3-2-4-19-10/h2-4,7-8,16H,5-6H2,1H3,(H,17,18). The quantitative estimate of drug-likeness (QED) is 0.883. The van der Waals surface area contributed by atoms with Crippen LogP contribution in [0.5, 0.6) is 0 Å². The average Bonchev–Trinajstić information content (AvgIpc) is 2.94. The van der Waals surface area contributed by atoms with E-state index in [0.717, 1.165) is 16.1 Å². The number of hydrogen-bond donors (Lipinski definition) is 2. The van der Waals surface area contributed by atoms with Gasteiger partial charge in [-0.05, 0) is 18.4 Å². The molecule has 1 atom stereocenters. The van der Waals surface area contributed by atoms with Crippen LogP contribution < -0.4 is 5.32 Å². The molecule has 0 aliphatic carbocycles. The predicted molar refractivity (Wildman–Crippen MR) is 68.9 cm³/mol. The Kier molecular flexibility index (Phi) is 4.26. The molecule has 0 bridgehead atoms. The molecule has 104 valence electrons. The first-order valence-corrected chi connectivity index (χ1v) is 6.70. The number of H-pyrrole nitrogens is 1. The summed E-state index contributed by atoms with van der Waals surface area (Å²) in [5.41, 5.74) is 1.73. The van der Waals surface area contributed by atoms with E-state index in [0.29, 0.717) is 6.54 Å². The number of aromatic nitrogens is 2. The second-order valence-electron chi connectivity index (χ2n) is 4.35. The van der Waals surface area contributed by atoms with Crippen LogP contribution in [0.15, 0.2) is 23.7 Å². The number of aromatic amines is 1. The molecule has 7 heteroatoms. The lowest BCUT2D eigenvalue weighted by atomic mass is 10.2. The van der Waals surface area contributed by atoms with E-state index in [1.54, 1.807) is 17.5 Å². The van der Waals surface area contributed by atoms with E-state index in [1.807, 2.05) is 17.5 Å². The van der Waals surface area contributed by atoms with E-state index >= 15 is 0 Å². The van der Waals surface area contributed by atoms with E-state index in [9.17, 15) is 13.2 Å². The first-order valence-electron chi connectivity index (χ1n) is 5.82. The van der Waals surface area contributed by atoms with Crippen molar-refractivity contribution in [2.45, 2.75) is 32.1 Å². The van der Waals surface area contributed by atoms with Gasteiger partial charge in [0.1, 0.15) is 0 Å². The maximum atomic E-state index is 12.2. The SMILES string of the molecule is CC(CC(F)(F)F)NCc1cn[nH]c1-c1cccs1. The van der Waals surface area contributed by atoms with Gasteiger partial charge in [0.2, 0.25) is 0 Å². The molecule has 2 rings (SSSR count). The van der Waals surface area contributed by atoms with Crippen LogP contribution in [0.1, 0.15) is 18.9 Å². The molecule has 0 fully saturated rings. The normalized spacial score (nSPS) is 13.7. The first kappa shape index (κ1) is 14.1. The Hall–Kier alpha value is -1.34. The maximum absolute atomic E-state index is 12.2. The summed E-state index contributed by atoms with van der Waals surface area (Å²) in [6.45, 7) is 1.89. The van der Waals surface area contributed by atoms with Crippen molar-refractivity contribution in [3.8, 4) is 10.6 Å². The van der Waals surface area contributed by atoms with Crippen molar-refractivity contribution in [3.63, 3.8) is 0 Å². The number of alkyl halides is 3. The van der Waals surface area contributed by atoms with Crippen LogP contribution in [0.25, 0.3) is 10.6 Å². The Balaban J connectivity index is 1.96. The van der Waals surface area contributed by atoms with Crippen molar-refractivity contribution >= 4 is 11.3 Å². The first-order chi connectivity index (χ1) is 8.96. The van der Waals surface area contributed by atoms with Crippen LogP contribution in [0.4, 0.5) is 13.2 Å². The van der Waals surface area contributed by atoms with Gasteiger partial charge in [0.25, 0.3) is 0 Å². The molecule has 0 saturated heterocycles. The zero-order valence-corrected chi connectivity index (χ0v) is 11.1. The minimum atomic E-state index is -4.14. The molecule has 0 spiro atoms. The van der Waals surface area contributed by atoms with Crippen LogP contribution in [-0.2, 0) is 6.54 Å². The Bertz CT molecular complexity index is 505. The molecule has 2 aromatic rings. The summed E-state index contributed by atoms with van der Waals surface area (Å²) in [7, 11) is 0. The van der Waals surface area contributed by atoms with Crippen molar-refractivity contribution in [1.82, 2.24) is 15.5 Å². The Morgan fingerprint density at radius 2 is 2.26 bits per heavy atom. The van der Waals surface area contributed by atoms with Gasteiger partial charge in [0, 0.05) is 18.2 Å². The molecule has 0 saturated carbocycles. The number of rotatable bonds is 5. The van der Waals surface area contributed by atoms with Crippen molar-refractivity contribution in [2.24, 2.45) is 0 Å². The summed E-state index contributed by atoms with van der Waals surface area (Å²) in [6, 6.07) is 3.25. The highest BCUT2D eigenvalue weighted by Crippen LogP contribution is 2.26. The third-order valence-corrected chi connectivity index (χ3v) is 3.55. The molecule has 3 nitrogen and oxygen atoms in total. The summed E-state index contributed by atoms with van der Waals surface area (Å²) in [4.78, 5) is 1.03. The third-order valence-electron chi connectivity index (χ3n) is 2.66. The molecule has 0 aromatic carbocycles. The molecule has 0 amide bonds. The number of thiophene rings is 1. The van der Waals surface area contributed by atoms with Gasteiger partial charge in [0.05, 0.1) is 23.2 Å². The monoisotopic (exact) mass is 289 g/mol. The molecular weight excluding hydrogens is 275 g/mol. The lowest BCUT2D eigenvalue weighted by Gasteiger charge is -2.15. The van der Waals surface area contributed by atoms with E-state index in [1.165, 1.54) is 6.92 Å². The van der Waals surface area contributed by atoms with Gasteiger partial charge in [-0.1, -0.05) is 6.07 Å². The maximum Gasteiger partial charge on any atom is 0.390 e. The van der Waals surface area contributed by atoms with Gasteiger partial charge in [-0.3, -0.25) is 5.10 Å². The highest BCUT2D eigenvalue weighted by Gasteiger charge is 2.29. The molecule has 2 aromatic heterocycles. The van der Waals surface area contributed by atoms with Gasteiger partial charge >= 0.3 is 6.18 Å². The molecule has 2 N–H and O–H groups in total. The number of nitrogens with one attached hydrogen (secondary N) is 2. The van der Waals surface area contributed by atoms with Gasteiger partial charge in [-0.2, -0.15) is 18.3 Å². The topological polar surface area (TPSA) is 40.7 Å². The molecular formula is C12H14F3N3S. The van der Waals surface area contributed by atoms with Crippen LogP contribution in [0, 0.1) is 0 Å². The minimum absolute atomic E-state index is 0.362. The summed E-state index contributed by atoms with van der Waals surface area (Å²) >= 11 is 1.56. The van der Waals surface area contributed by atoms with E-state index in [2.05, 4.69) is 15.5 Å². The molecule has 0 aliphatic heterocycles. The van der Waals surface area contributed by atoms with E-state index in [4.69, 9.17) is 0 Å². The van der Waals surface area contributed by atoms with Gasteiger partial charge in [0.15, 0.2) is 0 Å². The molecule has 0 radical (unpaired) electrons. The van der Waals surface area contributed by atoms with Gasteiger partial charge in [-0.25, -0.2) is 0 Å². The zero-order chi connectivity index (χ0) is 13.9. The largest absolute Gasteiger partial charge is 0.390 e. The lowest BCUT2D eigenvalue weighted by molar-refractivity contribution is -0.139. The van der Waals surface area contributed by atoms with Crippen molar-refractivity contribution in [2.75, 3.05) is 0 Å². The Morgan fingerprint density at radius 1 is 1.47 bits per heavy atom. The van der Waals surface area contributed by atoms with Crippen LogP contribution in [-0.4, -0.2) is 22.4 Å².